The molecule has 25 heavy (non-hydrogen) atoms. The molecule has 0 atom stereocenters. The first-order chi connectivity index (χ1) is 12.1. The Labute approximate surface area is 154 Å². The Morgan fingerprint density at radius 1 is 1.32 bits per heavy atom. The molecule has 0 saturated heterocycles. The van der Waals surface area contributed by atoms with E-state index in [1.54, 1.807) is 47.8 Å². The number of hydrazone groups is 1. The van der Waals surface area contributed by atoms with E-state index in [1.165, 1.54) is 4.88 Å². The van der Waals surface area contributed by atoms with Gasteiger partial charge in [0.15, 0.2) is 5.16 Å². The maximum atomic E-state index is 12.1. The van der Waals surface area contributed by atoms with Crippen LogP contribution in [-0.2, 0) is 12.8 Å². The molecule has 0 saturated carbocycles. The van der Waals surface area contributed by atoms with Crippen LogP contribution in [0.15, 0.2) is 53.0 Å². The lowest BCUT2D eigenvalue weighted by Gasteiger charge is -2.03. The Bertz CT molecular complexity index is 883. The average molecular weight is 371 g/mol. The minimum Gasteiger partial charge on any atom is -0.312 e. The minimum absolute atomic E-state index is 0.225. The summed E-state index contributed by atoms with van der Waals surface area (Å²) in [5.74, 6) is 0.543. The van der Waals surface area contributed by atoms with E-state index in [2.05, 4.69) is 20.7 Å². The SMILES string of the molecule is Cc1ccc(/C=N\NC(=O)c2ccc(CSc3nncn3C)cc2)s1. The average Bonchev–Trinajstić information content (AvgIpc) is 3.21. The van der Waals surface area contributed by atoms with Crippen molar-refractivity contribution in [1.29, 1.82) is 0 Å². The number of thiophene rings is 1. The second kappa shape index (κ2) is 8.09. The van der Waals surface area contributed by atoms with E-state index < -0.39 is 0 Å². The fraction of sp³-hybridized carbons (Fsp3) is 0.176. The highest BCUT2D eigenvalue weighted by molar-refractivity contribution is 7.98. The van der Waals surface area contributed by atoms with Gasteiger partial charge in [-0.3, -0.25) is 4.79 Å². The monoisotopic (exact) mass is 371 g/mol. The maximum absolute atomic E-state index is 12.1. The number of nitrogens with zero attached hydrogens (tertiary/aromatic N) is 4. The number of hydrogen-bond acceptors (Lipinski definition) is 6. The smallest absolute Gasteiger partial charge is 0.271 e. The van der Waals surface area contributed by atoms with Gasteiger partial charge in [-0.15, -0.1) is 21.5 Å². The van der Waals surface area contributed by atoms with Crippen LogP contribution in [-0.4, -0.2) is 26.9 Å². The van der Waals surface area contributed by atoms with E-state index in [0.29, 0.717) is 5.56 Å². The number of amides is 1. The molecule has 3 rings (SSSR count). The topological polar surface area (TPSA) is 72.2 Å². The van der Waals surface area contributed by atoms with Gasteiger partial charge in [0.05, 0.1) is 6.21 Å². The van der Waals surface area contributed by atoms with Crippen LogP contribution >= 0.6 is 23.1 Å². The molecule has 0 spiro atoms. The van der Waals surface area contributed by atoms with Gasteiger partial charge < -0.3 is 4.57 Å². The predicted octanol–water partition coefficient (Wildman–Crippen LogP) is 3.24. The third-order valence-corrected chi connectivity index (χ3v) is 5.41. The lowest BCUT2D eigenvalue weighted by atomic mass is 10.1. The molecule has 8 heteroatoms. The normalized spacial score (nSPS) is 11.1. The predicted molar refractivity (Wildman–Crippen MR) is 101 cm³/mol. The van der Waals surface area contributed by atoms with E-state index in [0.717, 1.165) is 21.3 Å². The third-order valence-electron chi connectivity index (χ3n) is 3.37. The van der Waals surface area contributed by atoms with E-state index in [4.69, 9.17) is 0 Å². The second-order valence-electron chi connectivity index (χ2n) is 5.36. The van der Waals surface area contributed by atoms with Crippen LogP contribution < -0.4 is 5.43 Å². The zero-order valence-corrected chi connectivity index (χ0v) is 15.5. The summed E-state index contributed by atoms with van der Waals surface area (Å²) in [6.45, 7) is 2.03. The van der Waals surface area contributed by atoms with Gasteiger partial charge in [0, 0.05) is 28.1 Å². The van der Waals surface area contributed by atoms with Crippen LogP contribution in [0.5, 0.6) is 0 Å². The quantitative estimate of drug-likeness (QED) is 0.410. The first-order valence-corrected chi connectivity index (χ1v) is 9.37. The minimum atomic E-state index is -0.225. The van der Waals surface area contributed by atoms with Crippen molar-refractivity contribution in [3.05, 3.63) is 63.6 Å². The summed E-state index contributed by atoms with van der Waals surface area (Å²) in [5.41, 5.74) is 4.24. The van der Waals surface area contributed by atoms with Crippen LogP contribution in [0, 0.1) is 6.92 Å². The Balaban J connectivity index is 1.53. The largest absolute Gasteiger partial charge is 0.312 e. The molecule has 0 aliphatic rings. The van der Waals surface area contributed by atoms with Crippen molar-refractivity contribution in [3.63, 3.8) is 0 Å². The summed E-state index contributed by atoms with van der Waals surface area (Å²) >= 11 is 3.23. The second-order valence-corrected chi connectivity index (χ2v) is 7.62. The standard InChI is InChI=1S/C17H17N5OS2/c1-12-3-8-15(25-12)9-18-20-16(23)14-6-4-13(5-7-14)10-24-17-21-19-11-22(17)2/h3-9,11H,10H2,1-2H3,(H,20,23)/b18-9-. The van der Waals surface area contributed by atoms with Crippen molar-refractivity contribution >= 4 is 35.2 Å². The lowest BCUT2D eigenvalue weighted by Crippen LogP contribution is -2.17. The third kappa shape index (κ3) is 4.77. The molecule has 1 amide bonds. The van der Waals surface area contributed by atoms with Gasteiger partial charge in [-0.25, -0.2) is 5.43 Å². The van der Waals surface area contributed by atoms with Crippen molar-refractivity contribution < 1.29 is 4.79 Å². The highest BCUT2D eigenvalue weighted by Gasteiger charge is 2.06. The highest BCUT2D eigenvalue weighted by atomic mass is 32.2. The van der Waals surface area contributed by atoms with Gasteiger partial charge in [-0.2, -0.15) is 5.10 Å². The van der Waals surface area contributed by atoms with E-state index in [-0.39, 0.29) is 5.91 Å². The molecule has 1 N–H and O–H groups in total. The fourth-order valence-electron chi connectivity index (χ4n) is 2.05. The molecule has 6 nitrogen and oxygen atoms in total. The molecule has 3 aromatic rings. The van der Waals surface area contributed by atoms with Crippen molar-refractivity contribution in [1.82, 2.24) is 20.2 Å². The molecule has 0 fully saturated rings. The van der Waals surface area contributed by atoms with Gasteiger partial charge in [-0.1, -0.05) is 23.9 Å². The first-order valence-electron chi connectivity index (χ1n) is 7.57. The van der Waals surface area contributed by atoms with Crippen LogP contribution in [0.25, 0.3) is 0 Å². The number of nitrogens with one attached hydrogen (secondary N) is 1. The number of aryl methyl sites for hydroxylation is 2. The van der Waals surface area contributed by atoms with Gasteiger partial charge in [0.1, 0.15) is 6.33 Å². The van der Waals surface area contributed by atoms with Crippen molar-refractivity contribution in [2.75, 3.05) is 0 Å². The number of carbonyl (C=O) groups excluding carboxylic acids is 1. The lowest BCUT2D eigenvalue weighted by molar-refractivity contribution is 0.0955. The number of aromatic nitrogens is 3. The molecule has 2 aromatic heterocycles. The van der Waals surface area contributed by atoms with Gasteiger partial charge >= 0.3 is 0 Å². The van der Waals surface area contributed by atoms with Crippen molar-refractivity contribution in [2.45, 2.75) is 17.8 Å². The van der Waals surface area contributed by atoms with E-state index in [9.17, 15) is 4.79 Å². The van der Waals surface area contributed by atoms with Gasteiger partial charge in [-0.05, 0) is 36.8 Å². The Hall–Kier alpha value is -2.45. The number of hydrogen-bond donors (Lipinski definition) is 1. The van der Waals surface area contributed by atoms with Crippen molar-refractivity contribution in [2.24, 2.45) is 12.1 Å². The molecule has 0 radical (unpaired) electrons. The fourth-order valence-corrected chi connectivity index (χ4v) is 3.64. The van der Waals surface area contributed by atoms with Crippen LogP contribution in [0.1, 0.15) is 25.7 Å². The summed E-state index contributed by atoms with van der Waals surface area (Å²) in [7, 11) is 1.91. The number of carbonyl (C=O) groups is 1. The Kier molecular flexibility index (Phi) is 5.62. The first kappa shape index (κ1) is 17.4. The highest BCUT2D eigenvalue weighted by Crippen LogP contribution is 2.20. The number of thioether (sulfide) groups is 1. The van der Waals surface area contributed by atoms with Gasteiger partial charge in [0.25, 0.3) is 5.91 Å². The van der Waals surface area contributed by atoms with E-state index in [1.807, 2.05) is 42.8 Å². The molecule has 0 aliphatic heterocycles. The molecule has 0 aliphatic carbocycles. The zero-order chi connectivity index (χ0) is 17.6. The van der Waals surface area contributed by atoms with Crippen LogP contribution in [0.4, 0.5) is 0 Å². The molecule has 0 unspecified atom stereocenters. The summed E-state index contributed by atoms with van der Waals surface area (Å²) in [4.78, 5) is 14.3. The molecular weight excluding hydrogens is 354 g/mol. The number of benzene rings is 1. The zero-order valence-electron chi connectivity index (χ0n) is 13.8. The molecule has 2 heterocycles. The van der Waals surface area contributed by atoms with Crippen LogP contribution in [0.2, 0.25) is 0 Å². The van der Waals surface area contributed by atoms with Crippen molar-refractivity contribution in [3.8, 4) is 0 Å². The summed E-state index contributed by atoms with van der Waals surface area (Å²) in [5, 5.41) is 12.7. The Morgan fingerprint density at radius 3 is 2.76 bits per heavy atom. The number of rotatable bonds is 6. The molecule has 0 bridgehead atoms. The molecule has 128 valence electrons. The van der Waals surface area contributed by atoms with Gasteiger partial charge in [0.2, 0.25) is 0 Å². The summed E-state index contributed by atoms with van der Waals surface area (Å²) in [6.07, 6.45) is 3.33. The molecule has 1 aromatic carbocycles. The van der Waals surface area contributed by atoms with Crippen LogP contribution in [0.3, 0.4) is 0 Å². The molecular formula is C17H17N5OS2. The maximum Gasteiger partial charge on any atom is 0.271 e. The Morgan fingerprint density at radius 2 is 2.12 bits per heavy atom. The summed E-state index contributed by atoms with van der Waals surface area (Å²) in [6, 6.07) is 11.5. The summed E-state index contributed by atoms with van der Waals surface area (Å²) < 4.78 is 1.87. The van der Waals surface area contributed by atoms with E-state index >= 15 is 0 Å².